The second-order valence-electron chi connectivity index (χ2n) is 4.62. The quantitative estimate of drug-likeness (QED) is 0.649. The Balaban J connectivity index is 2.36. The first-order chi connectivity index (χ1) is 9.79. The summed E-state index contributed by atoms with van der Waals surface area (Å²) in [5.74, 6) is -1.59. The number of ether oxygens (including phenoxy) is 2. The third-order valence-electron chi connectivity index (χ3n) is 3.46. The molecule has 1 aliphatic rings. The first-order valence-corrected chi connectivity index (χ1v) is 5.91. The van der Waals surface area contributed by atoms with Gasteiger partial charge in [0.15, 0.2) is 0 Å². The predicted molar refractivity (Wildman–Crippen MR) is 66.1 cm³/mol. The maximum atomic E-state index is 13.2. The highest BCUT2D eigenvalue weighted by atomic mass is 19.4. The van der Waals surface area contributed by atoms with Crippen molar-refractivity contribution < 1.29 is 32.5 Å². The Bertz CT molecular complexity index is 754. The summed E-state index contributed by atoms with van der Waals surface area (Å²) >= 11 is 0. The molecule has 0 unspecified atom stereocenters. The second kappa shape index (κ2) is 4.11. The van der Waals surface area contributed by atoms with Crippen molar-refractivity contribution in [3.8, 4) is 11.5 Å². The van der Waals surface area contributed by atoms with Crippen LogP contribution in [0.2, 0.25) is 0 Å². The van der Waals surface area contributed by atoms with Gasteiger partial charge in [0.1, 0.15) is 11.5 Å². The highest BCUT2D eigenvalue weighted by Gasteiger charge is 2.67. The van der Waals surface area contributed by atoms with Gasteiger partial charge in [-0.15, -0.1) is 0 Å². The molecule has 1 atom stereocenters. The molecule has 7 heteroatoms. The summed E-state index contributed by atoms with van der Waals surface area (Å²) < 4.78 is 49.1. The fourth-order valence-electron chi connectivity index (χ4n) is 2.41. The predicted octanol–water partition coefficient (Wildman–Crippen LogP) is 2.52. The van der Waals surface area contributed by atoms with Crippen LogP contribution in [0.25, 0.3) is 10.8 Å². The number of fused-ring (bicyclic) bond motifs is 3. The Morgan fingerprint density at radius 3 is 2.57 bits per heavy atom. The van der Waals surface area contributed by atoms with Gasteiger partial charge in [-0.25, -0.2) is 4.79 Å². The smallest absolute Gasteiger partial charge is 0.432 e. The Kier molecular flexibility index (Phi) is 2.68. The molecule has 0 aliphatic carbocycles. The SMILES string of the molecule is COc1ccc2c3c(ccc2c1)OC(=O)[C@]3(O)C(F)(F)F. The lowest BCUT2D eigenvalue weighted by Gasteiger charge is -2.23. The topological polar surface area (TPSA) is 55.8 Å². The van der Waals surface area contributed by atoms with Gasteiger partial charge in [-0.2, -0.15) is 13.2 Å². The zero-order chi connectivity index (χ0) is 15.4. The zero-order valence-electron chi connectivity index (χ0n) is 10.7. The largest absolute Gasteiger partial charge is 0.497 e. The van der Waals surface area contributed by atoms with E-state index < -0.39 is 23.3 Å². The molecule has 0 radical (unpaired) electrons. The normalized spacial score (nSPS) is 21.3. The fourth-order valence-corrected chi connectivity index (χ4v) is 2.41. The minimum Gasteiger partial charge on any atom is -0.497 e. The van der Waals surface area contributed by atoms with E-state index in [1.54, 1.807) is 0 Å². The van der Waals surface area contributed by atoms with E-state index in [4.69, 9.17) is 4.74 Å². The van der Waals surface area contributed by atoms with E-state index in [1.165, 1.54) is 37.4 Å². The second-order valence-corrected chi connectivity index (χ2v) is 4.62. The van der Waals surface area contributed by atoms with Crippen LogP contribution in [0, 0.1) is 0 Å². The van der Waals surface area contributed by atoms with Crippen molar-refractivity contribution in [3.05, 3.63) is 35.9 Å². The lowest BCUT2D eigenvalue weighted by Crippen LogP contribution is -2.47. The summed E-state index contributed by atoms with van der Waals surface area (Å²) in [6, 6.07) is 7.02. The number of hydrogen-bond donors (Lipinski definition) is 1. The maximum absolute atomic E-state index is 13.2. The van der Waals surface area contributed by atoms with Crippen LogP contribution in [0.1, 0.15) is 5.56 Å². The number of alkyl halides is 3. The van der Waals surface area contributed by atoms with Crippen LogP contribution in [0.5, 0.6) is 11.5 Å². The minimum atomic E-state index is -5.18. The fraction of sp³-hybridized carbons (Fsp3) is 0.214. The van der Waals surface area contributed by atoms with Gasteiger partial charge >= 0.3 is 12.1 Å². The van der Waals surface area contributed by atoms with Crippen molar-refractivity contribution in [2.24, 2.45) is 0 Å². The Labute approximate surface area is 116 Å². The van der Waals surface area contributed by atoms with Gasteiger partial charge in [0.05, 0.1) is 12.7 Å². The Morgan fingerprint density at radius 2 is 1.95 bits per heavy atom. The number of halogens is 3. The lowest BCUT2D eigenvalue weighted by molar-refractivity contribution is -0.258. The maximum Gasteiger partial charge on any atom is 0.432 e. The summed E-state index contributed by atoms with van der Waals surface area (Å²) in [6.45, 7) is 0. The number of carbonyl (C=O) groups excluding carboxylic acids is 1. The lowest BCUT2D eigenvalue weighted by atomic mass is 9.90. The standard InChI is InChI=1S/C14H9F3O4/c1-20-8-3-4-9-7(6-8)2-5-10-11(9)13(19,12(18)21-10)14(15,16)17/h2-6,19H,1H3/t13-/m0/s1. The highest BCUT2D eigenvalue weighted by molar-refractivity contribution is 6.00. The molecule has 1 N–H and O–H groups in total. The molecule has 1 heterocycles. The van der Waals surface area contributed by atoms with E-state index in [9.17, 15) is 23.1 Å². The van der Waals surface area contributed by atoms with Gasteiger partial charge in [-0.3, -0.25) is 0 Å². The molecule has 0 fully saturated rings. The van der Waals surface area contributed by atoms with Crippen molar-refractivity contribution in [1.29, 1.82) is 0 Å². The number of aliphatic hydroxyl groups is 1. The molecule has 1 aliphatic heterocycles. The molecule has 3 rings (SSSR count). The van der Waals surface area contributed by atoms with Gasteiger partial charge in [-0.1, -0.05) is 12.1 Å². The zero-order valence-corrected chi connectivity index (χ0v) is 10.7. The molecule has 21 heavy (non-hydrogen) atoms. The van der Waals surface area contributed by atoms with E-state index in [2.05, 4.69) is 4.74 Å². The van der Waals surface area contributed by atoms with Gasteiger partial charge in [0, 0.05) is 0 Å². The summed E-state index contributed by atoms with van der Waals surface area (Å²) in [5, 5.41) is 10.4. The van der Waals surface area contributed by atoms with Gasteiger partial charge < -0.3 is 14.6 Å². The van der Waals surface area contributed by atoms with Gasteiger partial charge in [0.2, 0.25) is 0 Å². The first-order valence-electron chi connectivity index (χ1n) is 5.91. The number of benzene rings is 2. The molecule has 2 aromatic carbocycles. The Hall–Kier alpha value is -2.28. The molecule has 0 amide bonds. The average Bonchev–Trinajstić information content (AvgIpc) is 2.71. The van der Waals surface area contributed by atoms with E-state index in [0.29, 0.717) is 11.1 Å². The average molecular weight is 298 g/mol. The highest BCUT2D eigenvalue weighted by Crippen LogP contribution is 2.50. The summed E-state index contributed by atoms with van der Waals surface area (Å²) in [4.78, 5) is 11.5. The molecular weight excluding hydrogens is 289 g/mol. The molecule has 0 saturated carbocycles. The third kappa shape index (κ3) is 1.70. The van der Waals surface area contributed by atoms with E-state index in [-0.39, 0.29) is 11.1 Å². The number of methoxy groups -OCH3 is 1. The number of rotatable bonds is 1. The molecular formula is C14H9F3O4. The van der Waals surface area contributed by atoms with Crippen LogP contribution < -0.4 is 9.47 Å². The molecule has 110 valence electrons. The monoisotopic (exact) mass is 298 g/mol. The molecule has 0 saturated heterocycles. The van der Waals surface area contributed by atoms with Crippen molar-refractivity contribution in [1.82, 2.24) is 0 Å². The van der Waals surface area contributed by atoms with Crippen molar-refractivity contribution in [2.45, 2.75) is 11.8 Å². The number of esters is 1. The van der Waals surface area contributed by atoms with Crippen LogP contribution >= 0.6 is 0 Å². The van der Waals surface area contributed by atoms with Gasteiger partial charge in [-0.05, 0) is 29.0 Å². The van der Waals surface area contributed by atoms with E-state index in [1.807, 2.05) is 0 Å². The molecule has 0 aromatic heterocycles. The van der Waals surface area contributed by atoms with Crippen LogP contribution in [-0.4, -0.2) is 24.4 Å². The number of hydrogen-bond acceptors (Lipinski definition) is 4. The molecule has 4 nitrogen and oxygen atoms in total. The minimum absolute atomic E-state index is 0.0824. The van der Waals surface area contributed by atoms with Crippen LogP contribution in [0.15, 0.2) is 30.3 Å². The van der Waals surface area contributed by atoms with Crippen LogP contribution in [0.3, 0.4) is 0 Å². The van der Waals surface area contributed by atoms with Crippen molar-refractivity contribution in [3.63, 3.8) is 0 Å². The number of carbonyl (C=O) groups is 1. The van der Waals surface area contributed by atoms with Crippen LogP contribution in [-0.2, 0) is 10.4 Å². The van der Waals surface area contributed by atoms with Crippen molar-refractivity contribution in [2.75, 3.05) is 7.11 Å². The van der Waals surface area contributed by atoms with Gasteiger partial charge in [0.25, 0.3) is 5.60 Å². The first kappa shape index (κ1) is 13.7. The van der Waals surface area contributed by atoms with Crippen molar-refractivity contribution >= 4 is 16.7 Å². The van der Waals surface area contributed by atoms with Crippen LogP contribution in [0.4, 0.5) is 13.2 Å². The van der Waals surface area contributed by atoms with E-state index in [0.717, 1.165) is 0 Å². The third-order valence-corrected chi connectivity index (χ3v) is 3.46. The summed E-state index contributed by atoms with van der Waals surface area (Å²) in [5.41, 5.74) is -4.24. The molecule has 0 spiro atoms. The summed E-state index contributed by atoms with van der Waals surface area (Å²) in [6.07, 6.45) is -5.18. The summed E-state index contributed by atoms with van der Waals surface area (Å²) in [7, 11) is 1.42. The van der Waals surface area contributed by atoms with E-state index >= 15 is 0 Å². The Morgan fingerprint density at radius 1 is 1.24 bits per heavy atom. The molecule has 0 bridgehead atoms. The molecule has 2 aromatic rings.